The van der Waals surface area contributed by atoms with Gasteiger partial charge in [0.05, 0.1) is 9.13 Å². The van der Waals surface area contributed by atoms with Gasteiger partial charge in [0.1, 0.15) is 5.75 Å². The molecular weight excluding hydrogens is 334 g/mol. The Hall–Kier alpha value is -0.630. The number of benzene rings is 1. The molecule has 1 aromatic carbocycles. The molecule has 82 valence electrons. The summed E-state index contributed by atoms with van der Waals surface area (Å²) in [7, 11) is -3.66. The lowest BCUT2D eigenvalue weighted by Gasteiger charge is -2.11. The van der Waals surface area contributed by atoms with Gasteiger partial charge in [-0.3, -0.25) is 0 Å². The third-order valence-electron chi connectivity index (χ3n) is 1.43. The minimum absolute atomic E-state index is 0.0431. The van der Waals surface area contributed by atoms with Gasteiger partial charge < -0.3 is 9.63 Å². The molecule has 6 nitrogen and oxygen atoms in total. The summed E-state index contributed by atoms with van der Waals surface area (Å²) in [4.78, 5) is 10.7. The van der Waals surface area contributed by atoms with Crippen molar-refractivity contribution in [3.63, 3.8) is 0 Å². The summed E-state index contributed by atoms with van der Waals surface area (Å²) < 4.78 is 16.1. The van der Waals surface area contributed by atoms with Crippen LogP contribution in [-0.2, 0) is 4.57 Å². The molecule has 0 spiro atoms. The molecule has 0 aliphatic heterocycles. The third-order valence-corrected chi connectivity index (χ3v) is 3.03. The Labute approximate surface area is 99.3 Å². The summed E-state index contributed by atoms with van der Waals surface area (Å²) >= 11 is 1.76. The van der Waals surface area contributed by atoms with Crippen molar-refractivity contribution in [2.75, 3.05) is 0 Å². The number of nitrogens with two attached hydrogens (primary N) is 2. The Morgan fingerprint density at radius 1 is 1.47 bits per heavy atom. The van der Waals surface area contributed by atoms with E-state index in [2.05, 4.69) is 0 Å². The first-order valence-electron chi connectivity index (χ1n) is 3.70. The van der Waals surface area contributed by atoms with Gasteiger partial charge in [0.25, 0.3) is 0 Å². The topological polar surface area (TPSA) is 116 Å². The van der Waals surface area contributed by atoms with Crippen LogP contribution < -0.4 is 15.5 Å². The average Bonchev–Trinajstić information content (AvgIpc) is 2.05. The van der Waals surface area contributed by atoms with Crippen LogP contribution >= 0.6 is 30.3 Å². The Bertz CT molecular complexity index is 445. The van der Waals surface area contributed by atoms with Crippen LogP contribution in [0.1, 0.15) is 10.4 Å². The van der Waals surface area contributed by atoms with E-state index in [1.807, 2.05) is 0 Å². The summed E-state index contributed by atoms with van der Waals surface area (Å²) in [5, 5.41) is 8.80. The number of halogens is 1. The smallest absolute Gasteiger partial charge is 0.385 e. The van der Waals surface area contributed by atoms with Crippen molar-refractivity contribution in [2.24, 2.45) is 11.0 Å². The highest BCUT2D eigenvalue weighted by molar-refractivity contribution is 14.1. The maximum atomic E-state index is 11.0. The van der Waals surface area contributed by atoms with E-state index < -0.39 is 13.6 Å². The molecule has 0 radical (unpaired) electrons. The first-order valence-corrected chi connectivity index (χ1v) is 6.54. The van der Waals surface area contributed by atoms with E-state index in [4.69, 9.17) is 20.6 Å². The number of carboxylic acid groups (broad SMARTS) is 1. The monoisotopic (exact) mass is 342 g/mol. The fourth-order valence-electron chi connectivity index (χ4n) is 0.900. The molecule has 0 aliphatic rings. The minimum atomic E-state index is -3.66. The molecule has 15 heavy (non-hydrogen) atoms. The van der Waals surface area contributed by atoms with E-state index in [1.54, 1.807) is 22.6 Å². The average molecular weight is 342 g/mol. The van der Waals surface area contributed by atoms with Crippen LogP contribution in [0.3, 0.4) is 0 Å². The highest BCUT2D eigenvalue weighted by Crippen LogP contribution is 2.34. The number of rotatable bonds is 3. The molecule has 0 bridgehead atoms. The molecule has 0 aliphatic carbocycles. The van der Waals surface area contributed by atoms with E-state index in [1.165, 1.54) is 18.2 Å². The molecule has 0 unspecified atom stereocenters. The van der Waals surface area contributed by atoms with Gasteiger partial charge in [-0.25, -0.2) is 20.4 Å². The highest BCUT2D eigenvalue weighted by atomic mass is 127. The zero-order chi connectivity index (χ0) is 11.6. The summed E-state index contributed by atoms with van der Waals surface area (Å²) in [5.41, 5.74) is 10.1. The van der Waals surface area contributed by atoms with E-state index in [-0.39, 0.29) is 11.3 Å². The lowest BCUT2D eigenvalue weighted by atomic mass is 10.2. The van der Waals surface area contributed by atoms with Gasteiger partial charge >= 0.3 is 13.6 Å². The normalized spacial score (nSPS) is 11.1. The van der Waals surface area contributed by atoms with E-state index in [0.717, 1.165) is 0 Å². The van der Waals surface area contributed by atoms with Gasteiger partial charge in [0.15, 0.2) is 0 Å². The van der Waals surface area contributed by atoms with Crippen LogP contribution in [0, 0.1) is 3.57 Å². The van der Waals surface area contributed by atoms with Crippen LogP contribution in [0.25, 0.3) is 0 Å². The first-order chi connectivity index (χ1) is 6.81. The van der Waals surface area contributed by atoms with Gasteiger partial charge in [-0.15, -0.1) is 0 Å². The van der Waals surface area contributed by atoms with Crippen molar-refractivity contribution in [3.05, 3.63) is 27.3 Å². The van der Waals surface area contributed by atoms with Gasteiger partial charge in [0.2, 0.25) is 0 Å². The Kier molecular flexibility index (Phi) is 3.72. The molecule has 0 aromatic heterocycles. The SMILES string of the molecule is NP(N)(=O)Oc1cccc(C(=O)O)c1I. The van der Waals surface area contributed by atoms with Crippen LogP contribution in [0.5, 0.6) is 5.75 Å². The van der Waals surface area contributed by atoms with Crippen LogP contribution in [-0.4, -0.2) is 11.1 Å². The zero-order valence-corrected chi connectivity index (χ0v) is 10.4. The fraction of sp³-hybridized carbons (Fsp3) is 0. The standard InChI is InChI=1S/C7H8IN2O4P/c8-6-4(7(11)12)2-1-3-5(6)14-15(9,10)13/h1-3H,(H,11,12)(H4,9,10,13). The first kappa shape index (κ1) is 12.4. The molecule has 0 fully saturated rings. The van der Waals surface area contributed by atoms with Crippen LogP contribution in [0.4, 0.5) is 0 Å². The van der Waals surface area contributed by atoms with Crippen LogP contribution in [0.2, 0.25) is 0 Å². The van der Waals surface area contributed by atoms with Gasteiger partial charge in [0, 0.05) is 0 Å². The summed E-state index contributed by atoms with van der Waals surface area (Å²) in [6, 6.07) is 4.30. The number of hydrogen-bond acceptors (Lipinski definition) is 3. The Balaban J connectivity index is 3.16. The second-order valence-corrected chi connectivity index (χ2v) is 5.21. The predicted octanol–water partition coefficient (Wildman–Crippen LogP) is 1.39. The highest BCUT2D eigenvalue weighted by Gasteiger charge is 2.17. The quantitative estimate of drug-likeness (QED) is 0.565. The molecule has 1 rings (SSSR count). The lowest BCUT2D eigenvalue weighted by Crippen LogP contribution is -2.12. The van der Waals surface area contributed by atoms with Crippen molar-refractivity contribution in [2.45, 2.75) is 0 Å². The van der Waals surface area contributed by atoms with E-state index >= 15 is 0 Å². The summed E-state index contributed by atoms with van der Waals surface area (Å²) in [5.74, 6) is -1.00. The Morgan fingerprint density at radius 2 is 2.07 bits per heavy atom. The van der Waals surface area contributed by atoms with Gasteiger partial charge in [-0.2, -0.15) is 0 Å². The maximum Gasteiger partial charge on any atom is 0.385 e. The molecule has 0 amide bonds. The van der Waals surface area contributed by atoms with Gasteiger partial charge in [-0.1, -0.05) is 6.07 Å². The molecular formula is C7H8IN2O4P. The van der Waals surface area contributed by atoms with Crippen molar-refractivity contribution in [1.29, 1.82) is 0 Å². The van der Waals surface area contributed by atoms with Gasteiger partial charge in [-0.05, 0) is 34.7 Å². The van der Waals surface area contributed by atoms with Crippen LogP contribution in [0.15, 0.2) is 18.2 Å². The lowest BCUT2D eigenvalue weighted by molar-refractivity contribution is 0.0695. The summed E-state index contributed by atoms with van der Waals surface area (Å²) in [6.07, 6.45) is 0. The third kappa shape index (κ3) is 3.45. The molecule has 0 atom stereocenters. The number of carbonyl (C=O) groups is 1. The van der Waals surface area contributed by atoms with Crippen molar-refractivity contribution in [3.8, 4) is 5.75 Å². The second kappa shape index (κ2) is 4.48. The molecule has 0 heterocycles. The van der Waals surface area contributed by atoms with E-state index in [9.17, 15) is 9.36 Å². The largest absolute Gasteiger partial charge is 0.478 e. The molecule has 0 saturated carbocycles. The predicted molar refractivity (Wildman–Crippen MR) is 62.7 cm³/mol. The molecule has 1 aromatic rings. The van der Waals surface area contributed by atoms with Crippen molar-refractivity contribution >= 4 is 36.2 Å². The molecule has 8 heteroatoms. The zero-order valence-electron chi connectivity index (χ0n) is 7.38. The fourth-order valence-corrected chi connectivity index (χ4v) is 2.23. The van der Waals surface area contributed by atoms with Crippen molar-refractivity contribution in [1.82, 2.24) is 0 Å². The molecule has 5 N–H and O–H groups in total. The van der Waals surface area contributed by atoms with E-state index in [0.29, 0.717) is 3.57 Å². The second-order valence-electron chi connectivity index (χ2n) is 2.66. The molecule has 0 saturated heterocycles. The number of aromatic carboxylic acids is 1. The number of hydrogen-bond donors (Lipinski definition) is 3. The maximum absolute atomic E-state index is 11.0. The minimum Gasteiger partial charge on any atom is -0.478 e. The Morgan fingerprint density at radius 3 is 2.53 bits per heavy atom. The van der Waals surface area contributed by atoms with Crippen molar-refractivity contribution < 1.29 is 19.0 Å². The number of carboxylic acids is 1. The summed E-state index contributed by atoms with van der Waals surface area (Å²) in [6.45, 7) is 0.